The minimum absolute atomic E-state index is 0.00338. The van der Waals surface area contributed by atoms with Crippen molar-refractivity contribution < 1.29 is 23.9 Å². The highest BCUT2D eigenvalue weighted by atomic mass is 16.5. The zero-order valence-electron chi connectivity index (χ0n) is 21.5. The Labute approximate surface area is 211 Å². The van der Waals surface area contributed by atoms with Gasteiger partial charge in [-0.05, 0) is 68.8 Å². The molecule has 1 aliphatic heterocycles. The van der Waals surface area contributed by atoms with Gasteiger partial charge in [0.25, 0.3) is 5.91 Å². The maximum absolute atomic E-state index is 12.9. The lowest BCUT2D eigenvalue weighted by atomic mass is 10.1. The first-order valence-electron chi connectivity index (χ1n) is 12.2. The van der Waals surface area contributed by atoms with E-state index in [0.717, 1.165) is 29.6 Å². The van der Waals surface area contributed by atoms with E-state index in [1.165, 1.54) is 6.92 Å². The number of methoxy groups -OCH3 is 1. The van der Waals surface area contributed by atoms with E-state index >= 15 is 0 Å². The maximum Gasteiger partial charge on any atom is 0.315 e. The number of ether oxygens (including phenoxy) is 2. The second-order valence-electron chi connectivity index (χ2n) is 9.40. The van der Waals surface area contributed by atoms with Gasteiger partial charge in [0.05, 0.1) is 19.0 Å². The van der Waals surface area contributed by atoms with Gasteiger partial charge in [-0.3, -0.25) is 23.9 Å². The van der Waals surface area contributed by atoms with Gasteiger partial charge < -0.3 is 14.4 Å². The number of amides is 1. The Bertz CT molecular complexity index is 1280. The molecule has 0 aliphatic carbocycles. The molecule has 0 radical (unpaired) electrons. The Balaban J connectivity index is 1.45. The molecular formula is C28H33N3O5. The summed E-state index contributed by atoms with van der Waals surface area (Å²) in [6.07, 6.45) is -0.00338. The molecule has 0 N–H and O–H groups in total. The van der Waals surface area contributed by atoms with Crippen molar-refractivity contribution in [2.75, 3.05) is 33.3 Å². The van der Waals surface area contributed by atoms with E-state index in [0.29, 0.717) is 41.9 Å². The van der Waals surface area contributed by atoms with Crippen molar-refractivity contribution in [3.05, 3.63) is 59.3 Å². The molecule has 0 bridgehead atoms. The van der Waals surface area contributed by atoms with Crippen LogP contribution >= 0.6 is 0 Å². The Kier molecular flexibility index (Phi) is 7.45. The number of benzene rings is 2. The molecule has 0 unspecified atom stereocenters. The normalized spacial score (nSPS) is 14.3. The third-order valence-electron chi connectivity index (χ3n) is 6.84. The lowest BCUT2D eigenvalue weighted by Gasteiger charge is -2.37. The molecule has 8 heteroatoms. The molecule has 190 valence electrons. The number of esters is 1. The van der Waals surface area contributed by atoms with Gasteiger partial charge in [-0.1, -0.05) is 0 Å². The van der Waals surface area contributed by atoms with Crippen LogP contribution in [0.1, 0.15) is 47.2 Å². The van der Waals surface area contributed by atoms with Crippen LogP contribution in [0.2, 0.25) is 0 Å². The van der Waals surface area contributed by atoms with E-state index in [-0.39, 0.29) is 18.2 Å². The SMILES string of the molecule is COc1ccc2c(c1)c(CC(=O)Oc1ccc(C(=O)N3CCN(C(C)C)CC3)cc1)c(C)n2C(C)=O. The molecule has 1 fully saturated rings. The molecule has 2 heterocycles. The van der Waals surface area contributed by atoms with Gasteiger partial charge in [-0.25, -0.2) is 0 Å². The quantitative estimate of drug-likeness (QED) is 0.384. The van der Waals surface area contributed by atoms with Crippen LogP contribution in [0.3, 0.4) is 0 Å². The summed E-state index contributed by atoms with van der Waals surface area (Å²) >= 11 is 0. The Morgan fingerprint density at radius 3 is 2.17 bits per heavy atom. The van der Waals surface area contributed by atoms with Gasteiger partial charge >= 0.3 is 5.97 Å². The highest BCUT2D eigenvalue weighted by molar-refractivity contribution is 5.98. The smallest absolute Gasteiger partial charge is 0.315 e. The van der Waals surface area contributed by atoms with Crippen LogP contribution in [0.5, 0.6) is 11.5 Å². The Hall–Kier alpha value is -3.65. The summed E-state index contributed by atoms with van der Waals surface area (Å²) < 4.78 is 12.5. The summed E-state index contributed by atoms with van der Waals surface area (Å²) in [6.45, 7) is 10.8. The van der Waals surface area contributed by atoms with Gasteiger partial charge in [0.1, 0.15) is 11.5 Å². The van der Waals surface area contributed by atoms with Crippen LogP contribution in [0.4, 0.5) is 0 Å². The third kappa shape index (κ3) is 5.14. The summed E-state index contributed by atoms with van der Waals surface area (Å²) in [6, 6.07) is 12.6. The number of aromatic nitrogens is 1. The average Bonchev–Trinajstić information content (AvgIpc) is 3.14. The molecule has 1 aliphatic rings. The second kappa shape index (κ2) is 10.5. The van der Waals surface area contributed by atoms with Gasteiger partial charge in [0.2, 0.25) is 5.91 Å². The molecule has 0 atom stereocenters. The summed E-state index contributed by atoms with van der Waals surface area (Å²) in [5, 5.41) is 0.775. The highest BCUT2D eigenvalue weighted by Crippen LogP contribution is 2.30. The molecular weight excluding hydrogens is 458 g/mol. The lowest BCUT2D eigenvalue weighted by Crippen LogP contribution is -2.50. The first-order valence-corrected chi connectivity index (χ1v) is 12.2. The molecule has 1 aromatic heterocycles. The van der Waals surface area contributed by atoms with E-state index in [9.17, 15) is 14.4 Å². The van der Waals surface area contributed by atoms with Crippen LogP contribution in [0.25, 0.3) is 10.9 Å². The molecule has 36 heavy (non-hydrogen) atoms. The molecule has 8 nitrogen and oxygen atoms in total. The molecule has 0 saturated carbocycles. The van der Waals surface area contributed by atoms with Crippen LogP contribution in [-0.2, 0) is 11.2 Å². The van der Waals surface area contributed by atoms with E-state index in [1.54, 1.807) is 42.0 Å². The van der Waals surface area contributed by atoms with Crippen molar-refractivity contribution in [2.45, 2.75) is 40.2 Å². The molecule has 1 saturated heterocycles. The van der Waals surface area contributed by atoms with Crippen LogP contribution in [0, 0.1) is 6.92 Å². The Morgan fingerprint density at radius 1 is 0.944 bits per heavy atom. The van der Waals surface area contributed by atoms with Gasteiger partial charge in [0.15, 0.2) is 0 Å². The maximum atomic E-state index is 12.9. The molecule has 0 spiro atoms. The number of fused-ring (bicyclic) bond motifs is 1. The number of hydrogen-bond donors (Lipinski definition) is 0. The molecule has 2 aromatic carbocycles. The first kappa shape index (κ1) is 25.4. The zero-order valence-corrected chi connectivity index (χ0v) is 21.5. The number of piperazine rings is 1. The van der Waals surface area contributed by atoms with Crippen molar-refractivity contribution >= 4 is 28.7 Å². The summed E-state index contributed by atoms with van der Waals surface area (Å²) in [5.74, 6) is 0.411. The fourth-order valence-corrected chi connectivity index (χ4v) is 4.82. The van der Waals surface area contributed by atoms with Crippen LogP contribution in [-0.4, -0.2) is 71.5 Å². The van der Waals surface area contributed by atoms with Crippen LogP contribution in [0.15, 0.2) is 42.5 Å². The predicted molar refractivity (Wildman–Crippen MR) is 138 cm³/mol. The second-order valence-corrected chi connectivity index (χ2v) is 9.40. The molecule has 3 aromatic rings. The van der Waals surface area contributed by atoms with E-state index < -0.39 is 5.97 Å². The Morgan fingerprint density at radius 2 is 1.58 bits per heavy atom. The van der Waals surface area contributed by atoms with Gasteiger partial charge in [-0.15, -0.1) is 0 Å². The predicted octanol–water partition coefficient (Wildman–Crippen LogP) is 3.93. The summed E-state index contributed by atoms with van der Waals surface area (Å²) in [7, 11) is 1.57. The first-order chi connectivity index (χ1) is 17.2. The molecule has 1 amide bonds. The summed E-state index contributed by atoms with van der Waals surface area (Å²) in [4.78, 5) is 42.2. The van der Waals surface area contributed by atoms with E-state index in [4.69, 9.17) is 9.47 Å². The fourth-order valence-electron chi connectivity index (χ4n) is 4.82. The number of rotatable bonds is 6. The van der Waals surface area contributed by atoms with Crippen molar-refractivity contribution in [2.24, 2.45) is 0 Å². The van der Waals surface area contributed by atoms with Crippen molar-refractivity contribution in [1.82, 2.24) is 14.4 Å². The zero-order chi connectivity index (χ0) is 26.0. The monoisotopic (exact) mass is 491 g/mol. The third-order valence-corrected chi connectivity index (χ3v) is 6.84. The fraction of sp³-hybridized carbons (Fsp3) is 0.393. The minimum atomic E-state index is -0.451. The highest BCUT2D eigenvalue weighted by Gasteiger charge is 2.24. The standard InChI is InChI=1S/C28H33N3O5/c1-18(2)29-12-14-30(15-13-29)28(34)21-6-8-22(9-7-21)36-27(33)17-24-19(3)31(20(4)32)26-11-10-23(35-5)16-25(24)26/h6-11,16,18H,12-15,17H2,1-5H3. The molecule has 4 rings (SSSR count). The number of carbonyl (C=O) groups is 3. The van der Waals surface area contributed by atoms with Crippen molar-refractivity contribution in [3.63, 3.8) is 0 Å². The van der Waals surface area contributed by atoms with E-state index in [1.807, 2.05) is 24.0 Å². The van der Waals surface area contributed by atoms with Gasteiger partial charge in [0, 0.05) is 55.8 Å². The topological polar surface area (TPSA) is 81.1 Å². The van der Waals surface area contributed by atoms with E-state index in [2.05, 4.69) is 18.7 Å². The number of carbonyl (C=O) groups excluding carboxylic acids is 3. The lowest BCUT2D eigenvalue weighted by molar-refractivity contribution is -0.133. The largest absolute Gasteiger partial charge is 0.497 e. The van der Waals surface area contributed by atoms with Gasteiger partial charge in [-0.2, -0.15) is 0 Å². The van der Waals surface area contributed by atoms with Crippen molar-refractivity contribution in [3.8, 4) is 11.5 Å². The number of hydrogen-bond acceptors (Lipinski definition) is 6. The van der Waals surface area contributed by atoms with Crippen LogP contribution < -0.4 is 9.47 Å². The number of nitrogens with zero attached hydrogens (tertiary/aromatic N) is 3. The minimum Gasteiger partial charge on any atom is -0.497 e. The average molecular weight is 492 g/mol. The summed E-state index contributed by atoms with van der Waals surface area (Å²) in [5.41, 5.74) is 2.71. The van der Waals surface area contributed by atoms with Crippen molar-refractivity contribution in [1.29, 1.82) is 0 Å².